The topological polar surface area (TPSA) is 91.0 Å². The molecule has 0 spiro atoms. The number of isocyanates is 1. The second-order valence-corrected chi connectivity index (χ2v) is 6.25. The Morgan fingerprint density at radius 2 is 1.77 bits per heavy atom. The number of nitrogens with zero attached hydrogens (tertiary/aromatic N) is 2. The van der Waals surface area contributed by atoms with E-state index in [1.807, 2.05) is 27.7 Å². The van der Waals surface area contributed by atoms with E-state index < -0.39 is 23.2 Å². The fourth-order valence-corrected chi connectivity index (χ4v) is 2.23. The molecule has 7 nitrogen and oxygen atoms in total. The quantitative estimate of drug-likeness (QED) is 0.280. The summed E-state index contributed by atoms with van der Waals surface area (Å²) in [6.07, 6.45) is 1.34. The molecule has 0 aliphatic carbocycles. The number of carbonyl (C=O) groups excluding carboxylic acids is 1. The van der Waals surface area contributed by atoms with Crippen molar-refractivity contribution in [3.8, 4) is 0 Å². The molecule has 0 bridgehead atoms. The van der Waals surface area contributed by atoms with E-state index in [1.54, 1.807) is 13.0 Å². The number of nitro benzene ring substituents is 1. The Kier molecular flexibility index (Phi) is 3.95. The Labute approximate surface area is 128 Å². The molecule has 1 aromatic rings. The van der Waals surface area contributed by atoms with Gasteiger partial charge in [0.25, 0.3) is 5.69 Å². The maximum absolute atomic E-state index is 11.2. The van der Waals surface area contributed by atoms with Crippen LogP contribution < -0.4 is 5.46 Å². The molecule has 0 amide bonds. The van der Waals surface area contributed by atoms with Gasteiger partial charge < -0.3 is 9.31 Å². The fraction of sp³-hybridized carbons (Fsp3) is 0.500. The van der Waals surface area contributed by atoms with Crippen molar-refractivity contribution < 1.29 is 19.0 Å². The van der Waals surface area contributed by atoms with Crippen molar-refractivity contribution in [3.05, 3.63) is 27.8 Å². The van der Waals surface area contributed by atoms with Crippen molar-refractivity contribution in [3.63, 3.8) is 0 Å². The number of rotatable bonds is 3. The van der Waals surface area contributed by atoms with E-state index in [1.165, 1.54) is 12.1 Å². The lowest BCUT2D eigenvalue weighted by atomic mass is 9.78. The summed E-state index contributed by atoms with van der Waals surface area (Å²) in [7, 11) is -0.711. The van der Waals surface area contributed by atoms with Gasteiger partial charge in [-0.2, -0.15) is 4.99 Å². The maximum atomic E-state index is 11.2. The molecule has 8 heteroatoms. The van der Waals surface area contributed by atoms with Crippen molar-refractivity contribution in [2.75, 3.05) is 0 Å². The summed E-state index contributed by atoms with van der Waals surface area (Å²) >= 11 is 0. The Morgan fingerprint density at radius 3 is 2.23 bits per heavy atom. The molecule has 1 aromatic carbocycles. The number of benzene rings is 1. The third-order valence-electron chi connectivity index (χ3n) is 4.18. The minimum Gasteiger partial charge on any atom is -0.399 e. The zero-order valence-corrected chi connectivity index (χ0v) is 13.2. The third kappa shape index (κ3) is 2.68. The Morgan fingerprint density at radius 1 is 1.23 bits per heavy atom. The summed E-state index contributed by atoms with van der Waals surface area (Å²) in [6.45, 7) is 9.25. The number of hydrogen-bond acceptors (Lipinski definition) is 6. The van der Waals surface area contributed by atoms with Gasteiger partial charge in [-0.3, -0.25) is 10.1 Å². The highest BCUT2D eigenvalue weighted by Crippen LogP contribution is 2.37. The molecule has 1 aliphatic heterocycles. The van der Waals surface area contributed by atoms with Crippen LogP contribution in [-0.2, 0) is 14.1 Å². The minimum atomic E-state index is -0.711. The van der Waals surface area contributed by atoms with Crippen molar-refractivity contribution >= 4 is 30.0 Å². The molecule has 0 atom stereocenters. The molecule has 0 aromatic heterocycles. The van der Waals surface area contributed by atoms with E-state index >= 15 is 0 Å². The highest BCUT2D eigenvalue weighted by atomic mass is 16.7. The molecular weight excluding hydrogens is 287 g/mol. The highest BCUT2D eigenvalue weighted by Gasteiger charge is 2.52. The number of nitro groups is 1. The monoisotopic (exact) mass is 304 g/mol. The van der Waals surface area contributed by atoms with Crippen LogP contribution in [0, 0.1) is 17.0 Å². The largest absolute Gasteiger partial charge is 0.495 e. The second-order valence-electron chi connectivity index (χ2n) is 6.25. The van der Waals surface area contributed by atoms with Crippen molar-refractivity contribution in [2.45, 2.75) is 45.8 Å². The van der Waals surface area contributed by atoms with E-state index in [9.17, 15) is 14.9 Å². The average Bonchev–Trinajstić information content (AvgIpc) is 2.60. The predicted octanol–water partition coefficient (Wildman–Crippen LogP) is 2.17. The predicted molar refractivity (Wildman–Crippen MR) is 81.3 cm³/mol. The molecule has 1 fully saturated rings. The van der Waals surface area contributed by atoms with E-state index in [0.717, 1.165) is 0 Å². The molecule has 0 N–H and O–H groups in total. The summed E-state index contributed by atoms with van der Waals surface area (Å²) in [5, 5.41) is 11.2. The first-order valence-electron chi connectivity index (χ1n) is 6.81. The highest BCUT2D eigenvalue weighted by molar-refractivity contribution is 6.62. The van der Waals surface area contributed by atoms with Gasteiger partial charge in [0, 0.05) is 6.07 Å². The van der Waals surface area contributed by atoms with E-state index in [4.69, 9.17) is 9.31 Å². The van der Waals surface area contributed by atoms with Gasteiger partial charge in [0.15, 0.2) is 5.69 Å². The van der Waals surface area contributed by atoms with E-state index in [0.29, 0.717) is 11.0 Å². The molecular formula is C14H17BN2O5. The van der Waals surface area contributed by atoms with Gasteiger partial charge in [-0.25, -0.2) is 4.79 Å². The molecule has 0 saturated carbocycles. The van der Waals surface area contributed by atoms with Crippen LogP contribution in [0.5, 0.6) is 0 Å². The summed E-state index contributed by atoms with van der Waals surface area (Å²) in [4.78, 5) is 24.5. The summed E-state index contributed by atoms with van der Waals surface area (Å²) in [5.41, 5.74) is -0.344. The Bertz CT molecular complexity index is 664. The molecule has 22 heavy (non-hydrogen) atoms. The number of hydrogen-bond donors (Lipinski definition) is 0. The summed E-state index contributed by atoms with van der Waals surface area (Å²) < 4.78 is 11.8. The SMILES string of the molecule is Cc1cc(B2OC(C)(C)C(C)(C)O2)cc([N+](=O)[O-])c1N=C=O. The van der Waals surface area contributed by atoms with Gasteiger partial charge in [-0.05, 0) is 45.6 Å². The molecule has 0 unspecified atom stereocenters. The van der Waals surface area contributed by atoms with Crippen LogP contribution in [0.2, 0.25) is 0 Å². The van der Waals surface area contributed by atoms with Gasteiger partial charge in [0.1, 0.15) is 0 Å². The fourth-order valence-electron chi connectivity index (χ4n) is 2.23. The molecule has 116 valence electrons. The normalized spacial score (nSPS) is 18.9. The van der Waals surface area contributed by atoms with Crippen LogP contribution in [0.4, 0.5) is 11.4 Å². The van der Waals surface area contributed by atoms with E-state index in [2.05, 4.69) is 4.99 Å². The lowest BCUT2D eigenvalue weighted by Crippen LogP contribution is -2.41. The van der Waals surface area contributed by atoms with Crippen LogP contribution in [0.15, 0.2) is 17.1 Å². The lowest BCUT2D eigenvalue weighted by Gasteiger charge is -2.32. The summed E-state index contributed by atoms with van der Waals surface area (Å²) in [5.74, 6) is 0. The van der Waals surface area contributed by atoms with Crippen LogP contribution in [0.1, 0.15) is 33.3 Å². The van der Waals surface area contributed by atoms with Gasteiger partial charge in [0.05, 0.1) is 16.1 Å². The van der Waals surface area contributed by atoms with Crippen LogP contribution in [0.3, 0.4) is 0 Å². The lowest BCUT2D eigenvalue weighted by molar-refractivity contribution is -0.384. The van der Waals surface area contributed by atoms with Gasteiger partial charge >= 0.3 is 7.12 Å². The Hall–Kier alpha value is -2.02. The van der Waals surface area contributed by atoms with Crippen molar-refractivity contribution in [2.24, 2.45) is 4.99 Å². The van der Waals surface area contributed by atoms with Gasteiger partial charge in [-0.1, -0.05) is 6.07 Å². The summed E-state index contributed by atoms with van der Waals surface area (Å²) in [6, 6.07) is 3.00. The average molecular weight is 304 g/mol. The van der Waals surface area contributed by atoms with Crippen LogP contribution in [-0.4, -0.2) is 29.3 Å². The number of aliphatic imine (C=N–C) groups is 1. The van der Waals surface area contributed by atoms with Gasteiger partial charge in [-0.15, -0.1) is 0 Å². The smallest absolute Gasteiger partial charge is 0.399 e. The Balaban J connectivity index is 2.51. The van der Waals surface area contributed by atoms with Gasteiger partial charge in [0.2, 0.25) is 6.08 Å². The third-order valence-corrected chi connectivity index (χ3v) is 4.18. The second kappa shape index (κ2) is 5.32. The van der Waals surface area contributed by atoms with Crippen LogP contribution >= 0.6 is 0 Å². The molecule has 1 aliphatic rings. The molecule has 0 radical (unpaired) electrons. The molecule has 2 rings (SSSR count). The molecule has 1 heterocycles. The van der Waals surface area contributed by atoms with Crippen LogP contribution in [0.25, 0.3) is 0 Å². The first-order chi connectivity index (χ1) is 10.1. The van der Waals surface area contributed by atoms with Crippen molar-refractivity contribution in [1.29, 1.82) is 0 Å². The maximum Gasteiger partial charge on any atom is 0.495 e. The molecule has 1 saturated heterocycles. The van der Waals surface area contributed by atoms with E-state index in [-0.39, 0.29) is 11.4 Å². The zero-order valence-electron chi connectivity index (χ0n) is 13.2. The first kappa shape index (κ1) is 16.4. The standard InChI is InChI=1S/C14H17BN2O5/c1-9-6-10(7-11(17(19)20)12(9)16-8-18)15-21-13(2,3)14(4,5)22-15/h6-7H,1-5H3. The number of aryl methyl sites for hydroxylation is 1. The van der Waals surface area contributed by atoms with Crippen molar-refractivity contribution in [1.82, 2.24) is 0 Å². The first-order valence-corrected chi connectivity index (χ1v) is 6.81. The minimum absolute atomic E-state index is 0.000248. The zero-order chi connectivity index (χ0) is 16.7.